The van der Waals surface area contributed by atoms with Gasteiger partial charge in [-0.15, -0.1) is 0 Å². The summed E-state index contributed by atoms with van der Waals surface area (Å²) in [4.78, 5) is 103. The maximum absolute atomic E-state index is 13.6. The molecule has 37 heteroatoms. The number of nitrogens with one attached hydrogen (secondary N) is 3. The number of carboxylic acids is 2. The molecule has 0 aromatic rings. The van der Waals surface area contributed by atoms with Crippen molar-refractivity contribution >= 4 is 55.2 Å². The number of ketones is 1. The number of hydrogen-bond acceptors (Lipinski definition) is 31. The van der Waals surface area contributed by atoms with Crippen LogP contribution in [0.1, 0.15) is 246 Å². The van der Waals surface area contributed by atoms with Gasteiger partial charge in [0.1, 0.15) is 85.6 Å². The molecule has 0 bridgehead atoms. The third kappa shape index (κ3) is 38.7. The third-order valence-corrected chi connectivity index (χ3v) is 21.1. The largest absolute Gasteiger partial charge is 0.479 e. The Morgan fingerprint density at radius 2 is 1.06 bits per heavy atom. The van der Waals surface area contributed by atoms with Gasteiger partial charge in [0.2, 0.25) is 29.7 Å². The van der Waals surface area contributed by atoms with Gasteiger partial charge in [0, 0.05) is 59.6 Å². The lowest BCUT2D eigenvalue weighted by atomic mass is 9.91. The molecule has 3 heterocycles. The highest BCUT2D eigenvalue weighted by molar-refractivity contribution is 7.48. The van der Waals surface area contributed by atoms with Crippen molar-refractivity contribution in [3.05, 3.63) is 24.3 Å². The van der Waals surface area contributed by atoms with Crippen LogP contribution in [0, 0.1) is 0 Å². The number of phosphoric ester groups is 1. The number of unbranched alkanes of at least 4 members (excludes halogenated alkanes) is 23. The van der Waals surface area contributed by atoms with E-state index in [1.54, 1.807) is 0 Å². The number of esters is 2. The molecule has 3 rings (SSSR count). The van der Waals surface area contributed by atoms with Crippen LogP contribution in [0.5, 0.6) is 0 Å². The van der Waals surface area contributed by atoms with Gasteiger partial charge in [-0.2, -0.15) is 0 Å². The Hall–Kier alpha value is -5.13. The van der Waals surface area contributed by atoms with Crippen LogP contribution in [0.2, 0.25) is 0 Å². The van der Waals surface area contributed by atoms with Crippen molar-refractivity contribution in [3.63, 3.8) is 0 Å². The minimum absolute atomic E-state index is 0.0971. The average Bonchev–Trinajstić information content (AvgIpc) is 0.743. The SMILES string of the molecule is CCCCCCCC/C=C\CCCCCCCC(=O)OCC(COP(=O)(OC)OCCNC(=O)CCCCC(=O)CCC(NC(C)=O)[C@@H](O[C@@H]1OC(C(=O)O)[C@@H](O[C@@H]2OC(CO)[C@@H](O)C(O[C@@H]3OC(C(=O)O)[C@@H](O)[C@H](O)C3O)[C@]2(O)NC(C)=O)[C@H](O)C1O)[C@H](O)C(O)CO)OC(=O)CCCCCCC/C=C\CCCCCCCC. The zero-order chi connectivity index (χ0) is 84.6. The summed E-state index contributed by atoms with van der Waals surface area (Å²) in [6.07, 6.45) is -4.29. The molecular weight excluding hydrogens is 1530 g/mol. The molecule has 660 valence electrons. The van der Waals surface area contributed by atoms with Crippen molar-refractivity contribution in [1.29, 1.82) is 0 Å². The number of allylic oxidation sites excluding steroid dienone is 4. The van der Waals surface area contributed by atoms with Gasteiger partial charge in [-0.05, 0) is 83.5 Å². The van der Waals surface area contributed by atoms with Crippen molar-refractivity contribution in [2.75, 3.05) is 46.7 Å². The molecule has 0 saturated carbocycles. The molecule has 3 fully saturated rings. The van der Waals surface area contributed by atoms with E-state index in [1.807, 2.05) is 5.32 Å². The number of carbonyl (C=O) groups is 8. The Morgan fingerprint density at radius 1 is 0.553 bits per heavy atom. The lowest BCUT2D eigenvalue weighted by Gasteiger charge is -2.52. The summed E-state index contributed by atoms with van der Waals surface area (Å²) < 4.78 is 74.1. The molecule has 36 nitrogen and oxygen atoms in total. The molecule has 21 atom stereocenters. The number of amides is 3. The zero-order valence-corrected chi connectivity index (χ0v) is 67.9. The minimum atomic E-state index is -4.35. The standard InChI is InChI=1S/C77H134N3O33P/c1-6-8-10-12-14-16-18-20-22-24-26-28-30-32-34-40-58(88)104-48-53(107-59(89)41-35-33-31-29-27-25-23-21-19-17-15-13-11-9-7-2)49-106-114(102,103-5)105-45-44-78-57(87)39-37-36-38-52(85)42-43-54(79-50(3)83)67(60(90)55(86)46-81)109-74-66(96)64(94)68(70(111-74)73(99)100)112-76-77(101,80-51(4)84)71(61(91)56(47-82)108-76)113-75-65(95)62(92)63(93)69(110-75)72(97)98/h20-23,53-56,60-71,74-76,81-82,86,90-96,101H,6-19,24-49H2,1-5H3,(H,78,87)(H,79,83)(H,80,84)(H,97,98)(H,99,100)/b22-20-,23-21-/t53?,54?,55?,56?,60-,61-,62+,63+,64-,65?,66?,67-,68+,69?,70?,71?,74-,75+,76+,77-,114?/m1/s1. The number of aliphatic hydroxyl groups excluding tert-OH is 10. The predicted molar refractivity (Wildman–Crippen MR) is 406 cm³/mol. The maximum Gasteiger partial charge on any atom is 0.474 e. The first-order valence-electron chi connectivity index (χ1n) is 40.6. The van der Waals surface area contributed by atoms with Crippen molar-refractivity contribution < 1.29 is 161 Å². The van der Waals surface area contributed by atoms with Crippen molar-refractivity contribution in [2.24, 2.45) is 0 Å². The lowest BCUT2D eigenvalue weighted by molar-refractivity contribution is -0.405. The maximum atomic E-state index is 13.6. The van der Waals surface area contributed by atoms with Crippen molar-refractivity contribution in [2.45, 2.75) is 368 Å². The Balaban J connectivity index is 1.58. The Labute approximate surface area is 668 Å². The molecule has 0 aliphatic carbocycles. The number of aliphatic hydroxyl groups is 11. The van der Waals surface area contributed by atoms with Crippen LogP contribution in [0.15, 0.2) is 24.3 Å². The highest BCUT2D eigenvalue weighted by Gasteiger charge is 2.63. The topological polar surface area (TPSA) is 554 Å². The molecule has 16 N–H and O–H groups in total. The summed E-state index contributed by atoms with van der Waals surface area (Å²) in [7, 11) is -3.28. The Bertz CT molecular complexity index is 2870. The van der Waals surface area contributed by atoms with E-state index in [0.29, 0.717) is 12.8 Å². The summed E-state index contributed by atoms with van der Waals surface area (Å²) >= 11 is 0. The van der Waals surface area contributed by atoms with Crippen LogP contribution in [0.4, 0.5) is 0 Å². The second kappa shape index (κ2) is 57.9. The van der Waals surface area contributed by atoms with Crippen LogP contribution < -0.4 is 16.0 Å². The number of phosphoric acid groups is 1. The highest BCUT2D eigenvalue weighted by Crippen LogP contribution is 2.48. The lowest BCUT2D eigenvalue weighted by Crippen LogP contribution is -2.76. The van der Waals surface area contributed by atoms with Crippen LogP contribution >= 0.6 is 7.82 Å². The van der Waals surface area contributed by atoms with Crippen molar-refractivity contribution in [3.8, 4) is 0 Å². The molecule has 3 aliphatic rings. The van der Waals surface area contributed by atoms with E-state index in [1.165, 1.54) is 77.0 Å². The van der Waals surface area contributed by atoms with Gasteiger partial charge in [0.15, 0.2) is 30.9 Å². The predicted octanol–water partition coefficient (Wildman–Crippen LogP) is 4.03. The van der Waals surface area contributed by atoms with Gasteiger partial charge in [-0.1, -0.05) is 141 Å². The summed E-state index contributed by atoms with van der Waals surface area (Å²) in [5, 5.41) is 147. The van der Waals surface area contributed by atoms with E-state index in [2.05, 4.69) is 48.8 Å². The van der Waals surface area contributed by atoms with E-state index in [9.17, 15) is 109 Å². The van der Waals surface area contributed by atoms with E-state index in [-0.39, 0.29) is 58.3 Å². The van der Waals surface area contributed by atoms with E-state index in [0.717, 1.165) is 98.0 Å². The number of aliphatic carboxylic acids is 2. The van der Waals surface area contributed by atoms with Crippen LogP contribution in [-0.2, 0) is 94.4 Å². The zero-order valence-electron chi connectivity index (χ0n) is 67.0. The first-order valence-corrected chi connectivity index (χ1v) is 42.1. The van der Waals surface area contributed by atoms with E-state index >= 15 is 0 Å². The van der Waals surface area contributed by atoms with Crippen molar-refractivity contribution in [1.82, 2.24) is 16.0 Å². The van der Waals surface area contributed by atoms with Gasteiger partial charge < -0.3 is 120 Å². The number of carboxylic acid groups (broad SMARTS) is 2. The molecular formula is C77H134N3O33P. The smallest absolute Gasteiger partial charge is 0.474 e. The first-order chi connectivity index (χ1) is 54.4. The highest BCUT2D eigenvalue weighted by atomic mass is 31.2. The fraction of sp³-hybridized carbons (Fsp3) is 0.844. The van der Waals surface area contributed by atoms with Crippen LogP contribution in [0.25, 0.3) is 0 Å². The molecule has 10 unspecified atom stereocenters. The quantitative estimate of drug-likeness (QED) is 0.0134. The monoisotopic (exact) mass is 1660 g/mol. The van der Waals surface area contributed by atoms with E-state index < -0.39 is 210 Å². The molecule has 3 saturated heterocycles. The average molecular weight is 1660 g/mol. The van der Waals surface area contributed by atoms with Gasteiger partial charge in [-0.3, -0.25) is 42.3 Å². The fourth-order valence-electron chi connectivity index (χ4n) is 13.1. The second-order valence-electron chi connectivity index (χ2n) is 29.3. The number of carbonyl (C=O) groups excluding carboxylic acids is 6. The number of Topliss-reactive ketones (excluding diaryl/α,β-unsaturated/α-hetero) is 1. The van der Waals surface area contributed by atoms with Crippen LogP contribution in [-0.4, -0.2) is 283 Å². The van der Waals surface area contributed by atoms with Gasteiger partial charge >= 0.3 is 31.7 Å². The molecule has 114 heavy (non-hydrogen) atoms. The van der Waals surface area contributed by atoms with Gasteiger partial charge in [0.25, 0.3) is 0 Å². The van der Waals surface area contributed by atoms with E-state index in [4.69, 9.17) is 51.5 Å². The fourth-order valence-corrected chi connectivity index (χ4v) is 14.1. The third-order valence-electron chi connectivity index (χ3n) is 19.7. The molecule has 0 spiro atoms. The van der Waals surface area contributed by atoms with Crippen LogP contribution in [0.3, 0.4) is 0 Å². The Morgan fingerprint density at radius 3 is 1.58 bits per heavy atom. The minimum Gasteiger partial charge on any atom is -0.479 e. The molecule has 0 aromatic carbocycles. The first kappa shape index (κ1) is 103. The molecule has 3 amide bonds. The molecule has 0 aromatic heterocycles. The molecule has 0 radical (unpaired) electrons. The summed E-state index contributed by atoms with van der Waals surface area (Å²) in [6, 6.07) is -1.55. The van der Waals surface area contributed by atoms with Gasteiger partial charge in [-0.25, -0.2) is 14.2 Å². The second-order valence-corrected chi connectivity index (χ2v) is 31.1. The molecule has 3 aliphatic heterocycles. The summed E-state index contributed by atoms with van der Waals surface area (Å²) in [5.41, 5.74) is -3.37. The number of ether oxygens (including phenoxy) is 8. The van der Waals surface area contributed by atoms with Gasteiger partial charge in [0.05, 0.1) is 32.5 Å². The Kier molecular flexibility index (Phi) is 52.3. The summed E-state index contributed by atoms with van der Waals surface area (Å²) in [6.45, 7) is 2.38. The number of hydrogen-bond donors (Lipinski definition) is 16. The number of rotatable bonds is 64. The normalized spacial score (nSPS) is 26.4. The summed E-state index contributed by atoms with van der Waals surface area (Å²) in [5.74, 6) is -7.96.